The molecule has 0 aliphatic heterocycles. The van der Waals surface area contributed by atoms with Crippen molar-refractivity contribution < 1.29 is 0 Å². The lowest BCUT2D eigenvalue weighted by Gasteiger charge is -2.09. The van der Waals surface area contributed by atoms with E-state index in [9.17, 15) is 0 Å². The van der Waals surface area contributed by atoms with Crippen LogP contribution in [-0.2, 0) is 0 Å². The summed E-state index contributed by atoms with van der Waals surface area (Å²) in [4.78, 5) is 0. The summed E-state index contributed by atoms with van der Waals surface area (Å²) < 4.78 is 0. The standard InChI is InChI=1S/C15H18Si/c1-16(2,3)12-11-14-9-6-8-13-7-4-5-10-15(13)14/h4-12H,1-3H3. The Hall–Kier alpha value is -1.34. The molecule has 0 fully saturated rings. The van der Waals surface area contributed by atoms with Crippen molar-refractivity contribution in [3.05, 3.63) is 53.7 Å². The maximum Gasteiger partial charge on any atom is 0.0687 e. The largest absolute Gasteiger partial charge is 0.0944 e. The summed E-state index contributed by atoms with van der Waals surface area (Å²) in [6.07, 6.45) is 2.29. The Morgan fingerprint density at radius 3 is 2.31 bits per heavy atom. The van der Waals surface area contributed by atoms with Crippen molar-refractivity contribution in [2.75, 3.05) is 0 Å². The molecule has 16 heavy (non-hydrogen) atoms. The summed E-state index contributed by atoms with van der Waals surface area (Å²) in [6.45, 7) is 7.07. The first kappa shape index (κ1) is 11.2. The summed E-state index contributed by atoms with van der Waals surface area (Å²) in [5.41, 5.74) is 3.73. The molecule has 0 aliphatic carbocycles. The molecule has 0 radical (unpaired) electrons. The van der Waals surface area contributed by atoms with E-state index < -0.39 is 8.07 Å². The van der Waals surface area contributed by atoms with E-state index in [1.165, 1.54) is 16.3 Å². The van der Waals surface area contributed by atoms with Crippen molar-refractivity contribution in [2.45, 2.75) is 19.6 Å². The monoisotopic (exact) mass is 226 g/mol. The van der Waals surface area contributed by atoms with Crippen molar-refractivity contribution in [1.82, 2.24) is 0 Å². The van der Waals surface area contributed by atoms with Crippen LogP contribution in [0.5, 0.6) is 0 Å². The minimum atomic E-state index is -1.11. The first-order chi connectivity index (χ1) is 7.56. The molecule has 0 aromatic heterocycles. The first-order valence-corrected chi connectivity index (χ1v) is 9.31. The van der Waals surface area contributed by atoms with Crippen molar-refractivity contribution in [1.29, 1.82) is 0 Å². The minimum Gasteiger partial charge on any atom is -0.0944 e. The van der Waals surface area contributed by atoms with E-state index in [2.05, 4.69) is 73.9 Å². The minimum absolute atomic E-state index is 1.11. The van der Waals surface area contributed by atoms with Crippen LogP contribution in [0.4, 0.5) is 0 Å². The number of rotatable bonds is 2. The second-order valence-corrected chi connectivity index (χ2v) is 10.3. The summed E-state index contributed by atoms with van der Waals surface area (Å²) in [7, 11) is -1.11. The van der Waals surface area contributed by atoms with Gasteiger partial charge in [0.05, 0.1) is 8.07 Å². The molecular weight excluding hydrogens is 208 g/mol. The van der Waals surface area contributed by atoms with Crippen molar-refractivity contribution in [3.63, 3.8) is 0 Å². The fourth-order valence-corrected chi connectivity index (χ4v) is 2.42. The zero-order chi connectivity index (χ0) is 11.6. The molecule has 0 nitrogen and oxygen atoms in total. The lowest BCUT2D eigenvalue weighted by atomic mass is 10.1. The van der Waals surface area contributed by atoms with Crippen molar-refractivity contribution >= 4 is 24.9 Å². The molecule has 0 N–H and O–H groups in total. The van der Waals surface area contributed by atoms with Gasteiger partial charge in [-0.25, -0.2) is 0 Å². The molecule has 2 rings (SSSR count). The lowest BCUT2D eigenvalue weighted by Crippen LogP contribution is -2.15. The lowest BCUT2D eigenvalue weighted by molar-refractivity contribution is 1.70. The maximum atomic E-state index is 2.40. The summed E-state index contributed by atoms with van der Waals surface area (Å²) >= 11 is 0. The predicted molar refractivity (Wildman–Crippen MR) is 76.3 cm³/mol. The predicted octanol–water partition coefficient (Wildman–Crippen LogP) is 4.73. The van der Waals surface area contributed by atoms with Crippen LogP contribution in [0.15, 0.2) is 48.2 Å². The zero-order valence-corrected chi connectivity index (χ0v) is 11.2. The molecule has 0 saturated carbocycles. The number of hydrogen-bond acceptors (Lipinski definition) is 0. The van der Waals surface area contributed by atoms with Crippen LogP contribution in [0.2, 0.25) is 19.6 Å². The SMILES string of the molecule is C[Si](C)(C)C=Cc1cccc2ccccc12. The van der Waals surface area contributed by atoms with E-state index in [-0.39, 0.29) is 0 Å². The van der Waals surface area contributed by atoms with E-state index in [1.54, 1.807) is 0 Å². The van der Waals surface area contributed by atoms with Gasteiger partial charge in [0.15, 0.2) is 0 Å². The molecule has 1 heteroatoms. The smallest absolute Gasteiger partial charge is 0.0687 e. The molecule has 0 spiro atoms. The van der Waals surface area contributed by atoms with Crippen LogP contribution in [0, 0.1) is 0 Å². The Kier molecular flexibility index (Phi) is 2.97. The van der Waals surface area contributed by atoms with E-state index in [0.29, 0.717) is 0 Å². The van der Waals surface area contributed by atoms with Gasteiger partial charge >= 0.3 is 0 Å². The van der Waals surface area contributed by atoms with Crippen molar-refractivity contribution in [2.24, 2.45) is 0 Å². The van der Waals surface area contributed by atoms with Gasteiger partial charge in [-0.1, -0.05) is 73.9 Å². The fraction of sp³-hybridized carbons (Fsp3) is 0.200. The highest BCUT2D eigenvalue weighted by atomic mass is 28.3. The Bertz CT molecular complexity index is 513. The van der Waals surface area contributed by atoms with Crippen LogP contribution in [0.1, 0.15) is 5.56 Å². The van der Waals surface area contributed by atoms with E-state index in [0.717, 1.165) is 0 Å². The van der Waals surface area contributed by atoms with Crippen LogP contribution in [0.3, 0.4) is 0 Å². The maximum absolute atomic E-state index is 2.40. The average molecular weight is 226 g/mol. The molecule has 2 aromatic rings. The molecule has 0 atom stereocenters. The molecule has 0 unspecified atom stereocenters. The first-order valence-electron chi connectivity index (χ1n) is 5.73. The third-order valence-corrected chi connectivity index (χ3v) is 3.75. The quantitative estimate of drug-likeness (QED) is 0.649. The summed E-state index contributed by atoms with van der Waals surface area (Å²) in [5, 5.41) is 2.67. The van der Waals surface area contributed by atoms with Gasteiger partial charge in [0.2, 0.25) is 0 Å². The Balaban J connectivity index is 2.49. The Morgan fingerprint density at radius 2 is 1.56 bits per heavy atom. The van der Waals surface area contributed by atoms with Gasteiger partial charge in [0.1, 0.15) is 0 Å². The normalized spacial score (nSPS) is 12.4. The average Bonchev–Trinajstić information content (AvgIpc) is 2.25. The topological polar surface area (TPSA) is 0 Å². The van der Waals surface area contributed by atoms with Gasteiger partial charge in [-0.15, -0.1) is 0 Å². The Morgan fingerprint density at radius 1 is 0.875 bits per heavy atom. The number of fused-ring (bicyclic) bond motifs is 1. The molecule has 2 aromatic carbocycles. The highest BCUT2D eigenvalue weighted by molar-refractivity contribution is 6.81. The number of benzene rings is 2. The van der Waals surface area contributed by atoms with Gasteiger partial charge in [-0.2, -0.15) is 0 Å². The summed E-state index contributed by atoms with van der Waals surface area (Å²) in [5.74, 6) is 0. The van der Waals surface area contributed by atoms with Crippen LogP contribution in [-0.4, -0.2) is 8.07 Å². The molecule has 0 amide bonds. The van der Waals surface area contributed by atoms with Gasteiger partial charge in [-0.3, -0.25) is 0 Å². The highest BCUT2D eigenvalue weighted by Crippen LogP contribution is 2.20. The fourth-order valence-electron chi connectivity index (χ4n) is 1.74. The van der Waals surface area contributed by atoms with Crippen LogP contribution in [0.25, 0.3) is 16.8 Å². The van der Waals surface area contributed by atoms with Crippen molar-refractivity contribution in [3.8, 4) is 0 Å². The second kappa shape index (κ2) is 4.26. The molecule has 0 saturated heterocycles. The second-order valence-electron chi connectivity index (χ2n) is 5.27. The van der Waals surface area contributed by atoms with Crippen LogP contribution >= 0.6 is 0 Å². The van der Waals surface area contributed by atoms with E-state index >= 15 is 0 Å². The zero-order valence-electron chi connectivity index (χ0n) is 10.2. The van der Waals surface area contributed by atoms with E-state index in [4.69, 9.17) is 0 Å². The number of hydrogen-bond donors (Lipinski definition) is 0. The van der Waals surface area contributed by atoms with Gasteiger partial charge in [-0.05, 0) is 16.3 Å². The van der Waals surface area contributed by atoms with Gasteiger partial charge in [0.25, 0.3) is 0 Å². The molecule has 0 heterocycles. The van der Waals surface area contributed by atoms with E-state index in [1.807, 2.05) is 0 Å². The van der Waals surface area contributed by atoms with Gasteiger partial charge < -0.3 is 0 Å². The van der Waals surface area contributed by atoms with Gasteiger partial charge in [0, 0.05) is 0 Å². The Labute approximate surface area is 98.6 Å². The third-order valence-electron chi connectivity index (χ3n) is 2.59. The van der Waals surface area contributed by atoms with Crippen LogP contribution < -0.4 is 0 Å². The molecule has 82 valence electrons. The molecule has 0 bridgehead atoms. The molecular formula is C15H18Si. The molecule has 0 aliphatic rings. The summed E-state index contributed by atoms with van der Waals surface area (Å²) in [6, 6.07) is 15.1. The third kappa shape index (κ3) is 2.61. The highest BCUT2D eigenvalue weighted by Gasteiger charge is 2.07.